The largest absolute Gasteiger partial charge is 0.397 e. The summed E-state index contributed by atoms with van der Waals surface area (Å²) in [5, 5.41) is 2.75. The summed E-state index contributed by atoms with van der Waals surface area (Å²) >= 11 is 0. The summed E-state index contributed by atoms with van der Waals surface area (Å²) in [6.45, 7) is 0. The maximum absolute atomic E-state index is 9.10. The first-order chi connectivity index (χ1) is 3.41. The fourth-order valence-electron chi connectivity index (χ4n) is 0. The van der Waals surface area contributed by atoms with Crippen molar-refractivity contribution in [2.75, 3.05) is 14.1 Å². The lowest BCUT2D eigenvalue weighted by Gasteiger charge is -1.84. The molecule has 0 heterocycles. The quantitative estimate of drug-likeness (QED) is 0.321. The van der Waals surface area contributed by atoms with Crippen LogP contribution in [0.25, 0.3) is 0 Å². The monoisotopic (exact) mass is 142 g/mol. The molecule has 5 nitrogen and oxygen atoms in total. The van der Waals surface area contributed by atoms with Crippen molar-refractivity contribution in [2.24, 2.45) is 5.50 Å². The van der Waals surface area contributed by atoms with Gasteiger partial charge in [0.25, 0.3) is 0 Å². The average Bonchev–Trinajstić information content (AvgIpc) is 1.27. The zero-order valence-electron chi connectivity index (χ0n) is 4.83. The smallest absolute Gasteiger partial charge is 0.323 e. The number of rotatable bonds is 0. The number of nitrogens with two attached hydrogens (primary N) is 1. The molecule has 0 bridgehead atoms. The Morgan fingerprint density at radius 2 is 1.50 bits per heavy atom. The first kappa shape index (κ1) is 10.9. The highest BCUT2D eigenvalue weighted by Crippen LogP contribution is 2.20. The molecule has 0 amide bonds. The second-order valence-electron chi connectivity index (χ2n) is 1.09. The van der Waals surface area contributed by atoms with Crippen molar-refractivity contribution in [1.82, 2.24) is 5.32 Å². The molecule has 0 saturated carbocycles. The molecular weight excluding hydrogens is 131 g/mol. The van der Waals surface area contributed by atoms with Crippen LogP contribution in [0.3, 0.4) is 0 Å². The molecule has 0 aliphatic rings. The molecule has 0 spiro atoms. The van der Waals surface area contributed by atoms with E-state index in [9.17, 15) is 0 Å². The van der Waals surface area contributed by atoms with Crippen LogP contribution in [0.4, 0.5) is 0 Å². The third kappa shape index (κ3) is 31800. The van der Waals surface area contributed by atoms with Crippen LogP contribution in [0.2, 0.25) is 0 Å². The summed E-state index contributed by atoms with van der Waals surface area (Å²) in [5.74, 6) is 0. The molecule has 0 aromatic carbocycles. The van der Waals surface area contributed by atoms with Crippen LogP contribution in [-0.4, -0.2) is 23.9 Å². The maximum Gasteiger partial charge on any atom is 0.397 e. The van der Waals surface area contributed by atoms with Gasteiger partial charge in [-0.3, -0.25) is 0 Å². The van der Waals surface area contributed by atoms with E-state index in [1.165, 1.54) is 0 Å². The van der Waals surface area contributed by atoms with Crippen LogP contribution in [0.5, 0.6) is 0 Å². The van der Waals surface area contributed by atoms with E-state index in [1.54, 1.807) is 0 Å². The molecule has 0 aliphatic heterocycles. The summed E-state index contributed by atoms with van der Waals surface area (Å²) in [6, 6.07) is 0. The summed E-state index contributed by atoms with van der Waals surface area (Å²) in [4.78, 5) is 14.8. The van der Waals surface area contributed by atoms with Gasteiger partial charge in [-0.25, -0.2) is 10.1 Å². The molecule has 0 rings (SSSR count). The fraction of sp³-hybridized carbons (Fsp3) is 1.00. The number of nitrogens with one attached hydrogen (secondary N) is 1. The number of hydrogen-bond acceptors (Lipinski definition) is 2. The Morgan fingerprint density at radius 3 is 1.50 bits per heavy atom. The van der Waals surface area contributed by atoms with Crippen molar-refractivity contribution >= 4 is 7.75 Å². The molecule has 0 unspecified atom stereocenters. The van der Waals surface area contributed by atoms with Crippen molar-refractivity contribution in [1.29, 1.82) is 0 Å². The van der Waals surface area contributed by atoms with Crippen molar-refractivity contribution in [3.63, 3.8) is 0 Å². The second kappa shape index (κ2) is 5.21. The molecular formula is C2H11N2O3P. The Kier molecular flexibility index (Phi) is 7.13. The van der Waals surface area contributed by atoms with Gasteiger partial charge < -0.3 is 15.1 Å². The predicted molar refractivity (Wildman–Crippen MR) is 31.2 cm³/mol. The Morgan fingerprint density at radius 1 is 1.50 bits per heavy atom. The Balaban J connectivity index is 0. The highest BCUT2D eigenvalue weighted by atomic mass is 31.2. The van der Waals surface area contributed by atoms with Gasteiger partial charge in [-0.05, 0) is 14.1 Å². The Labute approximate surface area is 48.1 Å². The molecule has 0 fully saturated rings. The standard InChI is InChI=1S/C2H7N.H4NO3P/c1-3-2;1-5(2,3)4/h3H,1-2H3;(H4,1,2,3,4). The SMILES string of the molecule is CNC.NP(=O)(O)O. The lowest BCUT2D eigenvalue weighted by Crippen LogP contribution is -1.89. The van der Waals surface area contributed by atoms with Gasteiger partial charge in [-0.15, -0.1) is 0 Å². The predicted octanol–water partition coefficient (Wildman–Crippen LogP) is -1.13. The summed E-state index contributed by atoms with van der Waals surface area (Å²) in [6.07, 6.45) is 0. The summed E-state index contributed by atoms with van der Waals surface area (Å²) < 4.78 is 9.10. The van der Waals surface area contributed by atoms with E-state index >= 15 is 0 Å². The van der Waals surface area contributed by atoms with Gasteiger partial charge in [0.05, 0.1) is 0 Å². The van der Waals surface area contributed by atoms with E-state index in [0.29, 0.717) is 0 Å². The van der Waals surface area contributed by atoms with E-state index < -0.39 is 7.75 Å². The van der Waals surface area contributed by atoms with Crippen LogP contribution >= 0.6 is 7.75 Å². The third-order valence-electron chi connectivity index (χ3n) is 0. The van der Waals surface area contributed by atoms with Gasteiger partial charge in [0.1, 0.15) is 0 Å². The van der Waals surface area contributed by atoms with E-state index in [-0.39, 0.29) is 0 Å². The van der Waals surface area contributed by atoms with Gasteiger partial charge in [0.2, 0.25) is 0 Å². The van der Waals surface area contributed by atoms with Crippen molar-refractivity contribution in [3.8, 4) is 0 Å². The Hall–Kier alpha value is 0.0700. The molecule has 6 heteroatoms. The molecule has 0 saturated heterocycles. The Bertz CT molecular complexity index is 71.1. The molecule has 52 valence electrons. The third-order valence-corrected chi connectivity index (χ3v) is 0. The van der Waals surface area contributed by atoms with Crippen LogP contribution in [0.15, 0.2) is 0 Å². The molecule has 0 aliphatic carbocycles. The fourth-order valence-corrected chi connectivity index (χ4v) is 0. The molecule has 0 radical (unpaired) electrons. The molecule has 0 atom stereocenters. The first-order valence-corrected chi connectivity index (χ1v) is 3.52. The van der Waals surface area contributed by atoms with Gasteiger partial charge in [0, 0.05) is 0 Å². The van der Waals surface area contributed by atoms with E-state index in [0.717, 1.165) is 0 Å². The normalized spacial score (nSPS) is 9.62. The van der Waals surface area contributed by atoms with E-state index in [2.05, 4.69) is 10.8 Å². The van der Waals surface area contributed by atoms with Crippen LogP contribution in [-0.2, 0) is 4.57 Å². The van der Waals surface area contributed by atoms with Gasteiger partial charge in [-0.1, -0.05) is 0 Å². The van der Waals surface area contributed by atoms with Crippen molar-refractivity contribution in [3.05, 3.63) is 0 Å². The number of hydrogen-bond donors (Lipinski definition) is 4. The van der Waals surface area contributed by atoms with Gasteiger partial charge >= 0.3 is 7.75 Å². The van der Waals surface area contributed by atoms with Crippen molar-refractivity contribution in [2.45, 2.75) is 0 Å². The second-order valence-corrected chi connectivity index (χ2v) is 2.27. The molecule has 8 heavy (non-hydrogen) atoms. The summed E-state index contributed by atoms with van der Waals surface area (Å²) in [5.41, 5.74) is 4.02. The highest BCUT2D eigenvalue weighted by Gasteiger charge is 1.96. The highest BCUT2D eigenvalue weighted by molar-refractivity contribution is 7.49. The minimum atomic E-state index is -4.14. The minimum Gasteiger partial charge on any atom is -0.323 e. The zero-order chi connectivity index (χ0) is 7.21. The lowest BCUT2D eigenvalue weighted by atomic mass is 11.3. The van der Waals surface area contributed by atoms with Crippen LogP contribution < -0.4 is 10.8 Å². The average molecular weight is 142 g/mol. The molecule has 0 aromatic heterocycles. The lowest BCUT2D eigenvalue weighted by molar-refractivity contribution is 0.374. The van der Waals surface area contributed by atoms with Crippen LogP contribution in [0.1, 0.15) is 0 Å². The van der Waals surface area contributed by atoms with Gasteiger partial charge in [-0.2, -0.15) is 0 Å². The van der Waals surface area contributed by atoms with Crippen molar-refractivity contribution < 1.29 is 14.4 Å². The van der Waals surface area contributed by atoms with Gasteiger partial charge in [0.15, 0.2) is 0 Å². The van der Waals surface area contributed by atoms with E-state index in [1.807, 2.05) is 14.1 Å². The minimum absolute atomic E-state index is 1.88. The molecule has 5 N–H and O–H groups in total. The van der Waals surface area contributed by atoms with E-state index in [4.69, 9.17) is 14.4 Å². The molecule has 0 aromatic rings. The zero-order valence-corrected chi connectivity index (χ0v) is 5.72. The topological polar surface area (TPSA) is 95.6 Å². The summed E-state index contributed by atoms with van der Waals surface area (Å²) in [7, 11) is -0.389. The maximum atomic E-state index is 9.10. The first-order valence-electron chi connectivity index (χ1n) is 1.84. The van der Waals surface area contributed by atoms with Crippen LogP contribution in [0, 0.1) is 0 Å².